The summed E-state index contributed by atoms with van der Waals surface area (Å²) in [5, 5.41) is 2.84. The Balaban J connectivity index is 1.48. The molecule has 3 N–H and O–H groups in total. The number of nitrogens with two attached hydrogens (primary N) is 1. The number of carbonyl (C=O) groups is 1. The van der Waals surface area contributed by atoms with E-state index in [4.69, 9.17) is 19.9 Å². The molecule has 2 amide bonds. The molecule has 4 rings (SSSR count). The molecule has 0 spiro atoms. The molecule has 2 heterocycles. The number of methoxy groups -OCH3 is 3. The number of anilines is 2. The number of aromatic nitrogens is 2. The first kappa shape index (κ1) is 22.4. The Morgan fingerprint density at radius 2 is 1.64 bits per heavy atom. The van der Waals surface area contributed by atoms with Crippen molar-refractivity contribution in [2.75, 3.05) is 57.7 Å². The highest BCUT2D eigenvalue weighted by Gasteiger charge is 2.23. The van der Waals surface area contributed by atoms with Crippen molar-refractivity contribution in [2.45, 2.75) is 6.54 Å². The third-order valence-electron chi connectivity index (χ3n) is 5.63. The molecular formula is C23H28N6O4. The SMILES string of the molecule is COc1cc2nc(NC(=O)N3CCN(c4cccc(CN)c4)CC3)c(OC)nc2cc1OC. The topological polar surface area (TPSA) is 115 Å². The zero-order valence-corrected chi connectivity index (χ0v) is 19.0. The van der Waals surface area contributed by atoms with Gasteiger partial charge in [0.2, 0.25) is 0 Å². The molecule has 10 nitrogen and oxygen atoms in total. The zero-order chi connectivity index (χ0) is 23.4. The molecule has 0 aliphatic carbocycles. The Labute approximate surface area is 192 Å². The lowest BCUT2D eigenvalue weighted by Gasteiger charge is -2.36. The summed E-state index contributed by atoms with van der Waals surface area (Å²) in [5.74, 6) is 1.53. The number of amides is 2. The molecular weight excluding hydrogens is 424 g/mol. The van der Waals surface area contributed by atoms with Crippen molar-refractivity contribution in [3.63, 3.8) is 0 Å². The molecule has 174 valence electrons. The summed E-state index contributed by atoms with van der Waals surface area (Å²) in [6.07, 6.45) is 0. The monoisotopic (exact) mass is 452 g/mol. The molecule has 0 radical (unpaired) electrons. The summed E-state index contributed by atoms with van der Waals surface area (Å²) < 4.78 is 16.0. The Bertz CT molecular complexity index is 1150. The van der Waals surface area contributed by atoms with Crippen molar-refractivity contribution >= 4 is 28.6 Å². The van der Waals surface area contributed by atoms with Gasteiger partial charge in [0.15, 0.2) is 17.3 Å². The number of piperazine rings is 1. The number of hydrogen-bond acceptors (Lipinski definition) is 8. The van der Waals surface area contributed by atoms with Crippen molar-refractivity contribution in [3.8, 4) is 17.4 Å². The summed E-state index contributed by atoms with van der Waals surface area (Å²) >= 11 is 0. The Hall–Kier alpha value is -3.79. The van der Waals surface area contributed by atoms with Gasteiger partial charge in [0, 0.05) is 50.5 Å². The van der Waals surface area contributed by atoms with Gasteiger partial charge in [-0.3, -0.25) is 5.32 Å². The maximum atomic E-state index is 13.0. The van der Waals surface area contributed by atoms with Crippen LogP contribution in [0.25, 0.3) is 11.0 Å². The van der Waals surface area contributed by atoms with Gasteiger partial charge in [0.05, 0.1) is 32.4 Å². The highest BCUT2D eigenvalue weighted by Crippen LogP contribution is 2.33. The number of hydrogen-bond donors (Lipinski definition) is 2. The van der Waals surface area contributed by atoms with E-state index in [2.05, 4.69) is 32.3 Å². The first-order valence-electron chi connectivity index (χ1n) is 10.6. The van der Waals surface area contributed by atoms with E-state index in [0.29, 0.717) is 42.2 Å². The van der Waals surface area contributed by atoms with Crippen LogP contribution >= 0.6 is 0 Å². The Kier molecular flexibility index (Phi) is 6.64. The van der Waals surface area contributed by atoms with Gasteiger partial charge in [-0.25, -0.2) is 14.8 Å². The summed E-state index contributed by atoms with van der Waals surface area (Å²) in [7, 11) is 4.59. The average molecular weight is 453 g/mol. The van der Waals surface area contributed by atoms with E-state index in [1.54, 1.807) is 31.3 Å². The molecule has 33 heavy (non-hydrogen) atoms. The minimum Gasteiger partial charge on any atom is -0.493 e. The van der Waals surface area contributed by atoms with Crippen LogP contribution in [0.2, 0.25) is 0 Å². The van der Waals surface area contributed by atoms with Gasteiger partial charge in [-0.05, 0) is 17.7 Å². The fraction of sp³-hybridized carbons (Fsp3) is 0.348. The summed E-state index contributed by atoms with van der Waals surface area (Å²) in [6.45, 7) is 3.10. The Morgan fingerprint density at radius 1 is 0.970 bits per heavy atom. The number of urea groups is 1. The lowest BCUT2D eigenvalue weighted by Crippen LogP contribution is -2.50. The number of rotatable bonds is 6. The van der Waals surface area contributed by atoms with Gasteiger partial charge < -0.3 is 29.7 Å². The van der Waals surface area contributed by atoms with Crippen molar-refractivity contribution in [1.29, 1.82) is 0 Å². The van der Waals surface area contributed by atoms with Crippen LogP contribution in [0.15, 0.2) is 36.4 Å². The molecule has 2 aromatic carbocycles. The second kappa shape index (κ2) is 9.78. The van der Waals surface area contributed by atoms with Crippen LogP contribution in [0.4, 0.5) is 16.3 Å². The van der Waals surface area contributed by atoms with Crippen molar-refractivity contribution < 1.29 is 19.0 Å². The minimum absolute atomic E-state index is 0.223. The van der Waals surface area contributed by atoms with Crippen LogP contribution in [0.3, 0.4) is 0 Å². The van der Waals surface area contributed by atoms with Gasteiger partial charge in [0.25, 0.3) is 5.88 Å². The quantitative estimate of drug-likeness (QED) is 0.586. The van der Waals surface area contributed by atoms with Gasteiger partial charge in [0.1, 0.15) is 0 Å². The van der Waals surface area contributed by atoms with E-state index in [1.165, 1.54) is 7.11 Å². The number of nitrogens with zero attached hydrogens (tertiary/aromatic N) is 4. The number of nitrogens with one attached hydrogen (secondary N) is 1. The summed E-state index contributed by atoms with van der Waals surface area (Å²) in [5.41, 5.74) is 9.08. The smallest absolute Gasteiger partial charge is 0.323 e. The lowest BCUT2D eigenvalue weighted by atomic mass is 10.1. The second-order valence-electron chi connectivity index (χ2n) is 7.56. The van der Waals surface area contributed by atoms with E-state index in [1.807, 2.05) is 12.1 Å². The number of fused-ring (bicyclic) bond motifs is 1. The van der Waals surface area contributed by atoms with Crippen LogP contribution in [0.5, 0.6) is 17.4 Å². The number of carbonyl (C=O) groups excluding carboxylic acids is 1. The molecule has 0 atom stereocenters. The second-order valence-corrected chi connectivity index (χ2v) is 7.56. The molecule has 0 saturated carbocycles. The average Bonchev–Trinajstić information content (AvgIpc) is 2.87. The predicted molar refractivity (Wildman–Crippen MR) is 126 cm³/mol. The fourth-order valence-electron chi connectivity index (χ4n) is 3.82. The molecule has 10 heteroatoms. The molecule has 1 fully saturated rings. The maximum Gasteiger partial charge on any atom is 0.323 e. The minimum atomic E-state index is -0.252. The van der Waals surface area contributed by atoms with Crippen molar-refractivity contribution in [3.05, 3.63) is 42.0 Å². The van der Waals surface area contributed by atoms with Crippen molar-refractivity contribution in [1.82, 2.24) is 14.9 Å². The molecule has 1 saturated heterocycles. The zero-order valence-electron chi connectivity index (χ0n) is 19.0. The lowest BCUT2D eigenvalue weighted by molar-refractivity contribution is 0.208. The fourth-order valence-corrected chi connectivity index (χ4v) is 3.82. The van der Waals surface area contributed by atoms with E-state index >= 15 is 0 Å². The third kappa shape index (κ3) is 4.70. The number of ether oxygens (including phenoxy) is 3. The van der Waals surface area contributed by atoms with Crippen LogP contribution < -0.4 is 30.2 Å². The molecule has 1 aliphatic rings. The van der Waals surface area contributed by atoms with E-state index in [9.17, 15) is 4.79 Å². The molecule has 3 aromatic rings. The number of benzene rings is 2. The highest BCUT2D eigenvalue weighted by molar-refractivity contribution is 5.91. The van der Waals surface area contributed by atoms with Gasteiger partial charge in [-0.15, -0.1) is 0 Å². The normalized spacial score (nSPS) is 13.7. The van der Waals surface area contributed by atoms with Crippen LogP contribution in [0, 0.1) is 0 Å². The van der Waals surface area contributed by atoms with Gasteiger partial charge >= 0.3 is 6.03 Å². The van der Waals surface area contributed by atoms with E-state index in [0.717, 1.165) is 24.3 Å². The van der Waals surface area contributed by atoms with Crippen LogP contribution in [-0.4, -0.2) is 68.4 Å². The van der Waals surface area contributed by atoms with Crippen molar-refractivity contribution in [2.24, 2.45) is 5.73 Å². The maximum absolute atomic E-state index is 13.0. The summed E-state index contributed by atoms with van der Waals surface area (Å²) in [4.78, 5) is 26.0. The summed E-state index contributed by atoms with van der Waals surface area (Å²) in [6, 6.07) is 11.3. The standard InChI is InChI=1S/C23H28N6O4/c1-31-19-12-17-18(13-20(19)32-2)26-22(33-3)21(25-17)27-23(30)29-9-7-28(8-10-29)16-6-4-5-15(11-16)14-24/h4-6,11-13H,7-10,14,24H2,1-3H3,(H,25,27,30). The van der Waals surface area contributed by atoms with Crippen LogP contribution in [0.1, 0.15) is 5.56 Å². The van der Waals surface area contributed by atoms with E-state index < -0.39 is 0 Å². The molecule has 1 aliphatic heterocycles. The molecule has 0 bridgehead atoms. The largest absolute Gasteiger partial charge is 0.493 e. The molecule has 0 unspecified atom stereocenters. The predicted octanol–water partition coefficient (Wildman–Crippen LogP) is 2.47. The van der Waals surface area contributed by atoms with Crippen LogP contribution in [-0.2, 0) is 6.54 Å². The van der Waals surface area contributed by atoms with Gasteiger partial charge in [-0.1, -0.05) is 12.1 Å². The first-order chi connectivity index (χ1) is 16.1. The van der Waals surface area contributed by atoms with Gasteiger partial charge in [-0.2, -0.15) is 0 Å². The molecule has 1 aromatic heterocycles. The Morgan fingerprint density at radius 3 is 2.24 bits per heavy atom. The third-order valence-corrected chi connectivity index (χ3v) is 5.63. The van der Waals surface area contributed by atoms with E-state index in [-0.39, 0.29) is 17.7 Å². The first-order valence-corrected chi connectivity index (χ1v) is 10.6. The highest BCUT2D eigenvalue weighted by atomic mass is 16.5.